The monoisotopic (exact) mass is 880 g/mol. The topological polar surface area (TPSA) is 82.5 Å². The first-order valence-electron chi connectivity index (χ1n) is 23.3. The Morgan fingerprint density at radius 3 is 1.75 bits per heavy atom. The normalized spacial score (nSPS) is 14.4. The summed E-state index contributed by atoms with van der Waals surface area (Å²) >= 11 is 0. The van der Waals surface area contributed by atoms with Gasteiger partial charge in [0.2, 0.25) is 0 Å². The van der Waals surface area contributed by atoms with Crippen LogP contribution in [-0.2, 0) is 5.41 Å². The maximum absolute atomic E-state index is 6.54. The lowest BCUT2D eigenvalue weighted by molar-refractivity contribution is 0.667. The molecule has 1 atom stereocenters. The second-order valence-electron chi connectivity index (χ2n) is 17.9. The highest BCUT2D eigenvalue weighted by atomic mass is 16.3. The van der Waals surface area contributed by atoms with Crippen molar-refractivity contribution in [3.8, 4) is 73.6 Å². The largest absolute Gasteiger partial charge is 0.452 e. The summed E-state index contributed by atoms with van der Waals surface area (Å²) in [6.45, 7) is 0. The van der Waals surface area contributed by atoms with Gasteiger partial charge in [-0.25, -0.2) is 24.9 Å². The van der Waals surface area contributed by atoms with Crippen molar-refractivity contribution in [2.45, 2.75) is 5.41 Å². The average Bonchev–Trinajstić information content (AvgIpc) is 4.07. The molecule has 7 heteroatoms. The minimum Gasteiger partial charge on any atom is -0.452 e. The Labute approximate surface area is 395 Å². The lowest BCUT2D eigenvalue weighted by Gasteiger charge is -2.39. The number of nitrogens with zero attached hydrogens (tertiary/aromatic N) is 6. The molecule has 0 saturated carbocycles. The van der Waals surface area contributed by atoms with Crippen LogP contribution in [0.5, 0.6) is 0 Å². The molecule has 15 rings (SSSR count). The summed E-state index contributed by atoms with van der Waals surface area (Å²) in [6.07, 6.45) is 0. The number of fused-ring (bicyclic) bond motifs is 15. The van der Waals surface area contributed by atoms with E-state index in [2.05, 4.69) is 150 Å². The molecule has 4 aromatic heterocycles. The molecule has 5 heterocycles. The van der Waals surface area contributed by atoms with Crippen molar-refractivity contribution in [1.29, 1.82) is 0 Å². The van der Waals surface area contributed by atoms with E-state index in [9.17, 15) is 0 Å². The molecule has 320 valence electrons. The van der Waals surface area contributed by atoms with Crippen molar-refractivity contribution in [3.63, 3.8) is 0 Å². The zero-order chi connectivity index (χ0) is 45.2. The van der Waals surface area contributed by atoms with Crippen LogP contribution >= 0.6 is 0 Å². The van der Waals surface area contributed by atoms with Crippen molar-refractivity contribution in [1.82, 2.24) is 29.5 Å². The van der Waals surface area contributed by atoms with E-state index in [1.165, 1.54) is 38.5 Å². The number of furan rings is 1. The highest BCUT2D eigenvalue weighted by molar-refractivity contribution is 6.13. The van der Waals surface area contributed by atoms with Gasteiger partial charge in [-0.15, -0.1) is 0 Å². The fourth-order valence-electron chi connectivity index (χ4n) is 11.4. The van der Waals surface area contributed by atoms with Gasteiger partial charge in [0.15, 0.2) is 28.9 Å². The molecule has 2 aliphatic rings. The molecule has 1 aliphatic heterocycles. The van der Waals surface area contributed by atoms with Crippen molar-refractivity contribution in [2.75, 3.05) is 0 Å². The quantitative estimate of drug-likeness (QED) is 0.171. The van der Waals surface area contributed by atoms with Gasteiger partial charge in [-0.05, 0) is 63.7 Å². The third-order valence-electron chi connectivity index (χ3n) is 14.3. The van der Waals surface area contributed by atoms with Crippen LogP contribution in [0, 0.1) is 0 Å². The Bertz CT molecular complexity index is 4200. The van der Waals surface area contributed by atoms with Crippen LogP contribution < -0.4 is 0 Å². The summed E-state index contributed by atoms with van der Waals surface area (Å²) in [4.78, 5) is 26.5. The van der Waals surface area contributed by atoms with Crippen molar-refractivity contribution >= 4 is 43.9 Å². The molecule has 0 amide bonds. The Morgan fingerprint density at radius 2 is 0.971 bits per heavy atom. The van der Waals surface area contributed by atoms with Gasteiger partial charge in [0.1, 0.15) is 16.8 Å². The first-order chi connectivity index (χ1) is 34.2. The molecule has 0 N–H and O–H groups in total. The first-order valence-corrected chi connectivity index (χ1v) is 23.3. The second kappa shape index (κ2) is 14.3. The van der Waals surface area contributed by atoms with Gasteiger partial charge < -0.3 is 8.98 Å². The van der Waals surface area contributed by atoms with Crippen molar-refractivity contribution < 1.29 is 4.42 Å². The summed E-state index contributed by atoms with van der Waals surface area (Å²) in [5.41, 5.74) is 17.3. The van der Waals surface area contributed by atoms with E-state index in [4.69, 9.17) is 29.3 Å². The first kappa shape index (κ1) is 37.8. The molecule has 7 nitrogen and oxygen atoms in total. The van der Waals surface area contributed by atoms with Gasteiger partial charge in [-0.3, -0.25) is 0 Å². The number of aromatic nitrogens is 6. The zero-order valence-electron chi connectivity index (χ0n) is 36.9. The second-order valence-corrected chi connectivity index (χ2v) is 17.9. The van der Waals surface area contributed by atoms with Gasteiger partial charge in [0.05, 0.1) is 22.1 Å². The average molecular weight is 881 g/mol. The summed E-state index contributed by atoms with van der Waals surface area (Å²) in [5.74, 6) is 2.43. The molecule has 13 aromatic rings. The van der Waals surface area contributed by atoms with E-state index in [0.29, 0.717) is 28.9 Å². The Morgan fingerprint density at radius 1 is 0.377 bits per heavy atom. The van der Waals surface area contributed by atoms with Gasteiger partial charge >= 0.3 is 0 Å². The zero-order valence-corrected chi connectivity index (χ0v) is 36.9. The van der Waals surface area contributed by atoms with Crippen LogP contribution in [0.15, 0.2) is 223 Å². The third kappa shape index (κ3) is 5.29. The number of benzene rings is 9. The smallest absolute Gasteiger partial charge is 0.180 e. The minimum atomic E-state index is -0.724. The molecule has 0 radical (unpaired) electrons. The summed E-state index contributed by atoms with van der Waals surface area (Å²) < 4.78 is 9.01. The minimum absolute atomic E-state index is 0.596. The Kier molecular flexibility index (Phi) is 7.86. The fourth-order valence-corrected chi connectivity index (χ4v) is 11.4. The van der Waals surface area contributed by atoms with Gasteiger partial charge in [-0.1, -0.05) is 188 Å². The maximum Gasteiger partial charge on any atom is 0.180 e. The predicted octanol–water partition coefficient (Wildman–Crippen LogP) is 14.7. The van der Waals surface area contributed by atoms with E-state index in [0.717, 1.165) is 72.4 Å². The van der Waals surface area contributed by atoms with Gasteiger partial charge in [-0.2, -0.15) is 0 Å². The molecule has 0 bridgehead atoms. The Balaban J connectivity index is 1.06. The number of hydrogen-bond donors (Lipinski definition) is 0. The summed E-state index contributed by atoms with van der Waals surface area (Å²) in [7, 11) is 0. The molecular formula is C62H36N6O. The Hall–Kier alpha value is -9.33. The lowest BCUT2D eigenvalue weighted by atomic mass is 9.65. The van der Waals surface area contributed by atoms with E-state index < -0.39 is 5.41 Å². The fraction of sp³-hybridized carbons (Fsp3) is 0.0161. The molecule has 69 heavy (non-hydrogen) atoms. The van der Waals surface area contributed by atoms with E-state index in [1.807, 2.05) is 72.8 Å². The SMILES string of the molecule is c1ccc(-c2nc(-c3ccccc3)nc(-c3cccc4c3-c3cc(-c5nc(-c6ccccc6)c6oc7ccccc7c6n5)ccc3C43c4ccccc4-n4c5ccccc5c5cccc3c54)n2)cc1. The van der Waals surface area contributed by atoms with Crippen molar-refractivity contribution in [2.24, 2.45) is 0 Å². The molecule has 1 spiro atoms. The molecular weight excluding hydrogens is 845 g/mol. The number of para-hydroxylation sites is 4. The van der Waals surface area contributed by atoms with E-state index in [-0.39, 0.29) is 0 Å². The highest BCUT2D eigenvalue weighted by Gasteiger charge is 2.51. The number of hydrogen-bond acceptors (Lipinski definition) is 6. The highest BCUT2D eigenvalue weighted by Crippen LogP contribution is 2.62. The molecule has 1 aliphatic carbocycles. The predicted molar refractivity (Wildman–Crippen MR) is 275 cm³/mol. The number of rotatable bonds is 5. The summed E-state index contributed by atoms with van der Waals surface area (Å²) in [6, 6.07) is 76.8. The summed E-state index contributed by atoms with van der Waals surface area (Å²) in [5, 5.41) is 3.39. The van der Waals surface area contributed by atoms with Crippen LogP contribution in [0.3, 0.4) is 0 Å². The molecule has 9 aromatic carbocycles. The van der Waals surface area contributed by atoms with Crippen LogP contribution in [0.1, 0.15) is 22.3 Å². The third-order valence-corrected chi connectivity index (χ3v) is 14.3. The van der Waals surface area contributed by atoms with Crippen LogP contribution in [0.25, 0.3) is 117 Å². The molecule has 1 unspecified atom stereocenters. The van der Waals surface area contributed by atoms with E-state index >= 15 is 0 Å². The van der Waals surface area contributed by atoms with Crippen LogP contribution in [0.2, 0.25) is 0 Å². The van der Waals surface area contributed by atoms with Crippen LogP contribution in [-0.4, -0.2) is 29.5 Å². The van der Waals surface area contributed by atoms with Gasteiger partial charge in [0, 0.05) is 44.0 Å². The molecule has 0 fully saturated rings. The lowest BCUT2D eigenvalue weighted by Crippen LogP contribution is -2.33. The van der Waals surface area contributed by atoms with Crippen molar-refractivity contribution in [3.05, 3.63) is 241 Å². The molecule has 0 saturated heterocycles. The van der Waals surface area contributed by atoms with Gasteiger partial charge in [0.25, 0.3) is 0 Å². The standard InChI is InChI=1S/C62H36N6O/c1-4-18-37(19-5-1)54-57-55(43-25-11-15-33-52(43)69-57)64-60(63-54)40-34-35-46-45(36-40)53-44(61-66-58(38-20-6-2-7-21-38)65-59(67-61)39-22-8-3-9-23-39)27-17-29-48(53)62(46)47-28-12-14-32-51(47)68-50-31-13-10-24-41(50)42-26-16-30-49(62)56(42)68/h1-36H. The van der Waals surface area contributed by atoms with E-state index in [1.54, 1.807) is 0 Å². The van der Waals surface area contributed by atoms with Crippen LogP contribution in [0.4, 0.5) is 0 Å². The maximum atomic E-state index is 6.54.